The molecule has 3 nitrogen and oxygen atoms in total. The summed E-state index contributed by atoms with van der Waals surface area (Å²) in [5.41, 5.74) is 4.92. The van der Waals surface area contributed by atoms with Crippen LogP contribution in [0.1, 0.15) is 28.7 Å². The smallest absolute Gasteiger partial charge is 0.304 e. The van der Waals surface area contributed by atoms with E-state index >= 15 is 0 Å². The number of rotatable bonds is 9. The Morgan fingerprint density at radius 2 is 1.66 bits per heavy atom. The van der Waals surface area contributed by atoms with E-state index in [-0.39, 0.29) is 6.42 Å². The number of aryl methyl sites for hydroxylation is 2. The highest BCUT2D eigenvalue weighted by atomic mass is 32.2. The van der Waals surface area contributed by atoms with Crippen molar-refractivity contribution < 1.29 is 9.90 Å². The molecule has 29 heavy (non-hydrogen) atoms. The van der Waals surface area contributed by atoms with Gasteiger partial charge in [-0.1, -0.05) is 65.9 Å². The third-order valence-electron chi connectivity index (χ3n) is 4.82. The number of benzene rings is 3. The zero-order chi connectivity index (χ0) is 20.6. The molecule has 4 heteroatoms. The van der Waals surface area contributed by atoms with Crippen molar-refractivity contribution in [3.05, 3.63) is 95.1 Å². The molecule has 0 aromatic heterocycles. The van der Waals surface area contributed by atoms with E-state index in [1.807, 2.05) is 18.2 Å². The largest absolute Gasteiger partial charge is 0.481 e. The zero-order valence-electron chi connectivity index (χ0n) is 17.0. The minimum Gasteiger partial charge on any atom is -0.481 e. The molecule has 150 valence electrons. The van der Waals surface area contributed by atoms with Gasteiger partial charge in [-0.2, -0.15) is 0 Å². The summed E-state index contributed by atoms with van der Waals surface area (Å²) in [5.74, 6) is -0.760. The Balaban J connectivity index is 1.75. The molecule has 0 radical (unpaired) electrons. The number of hydrogen-bond donors (Lipinski definition) is 1. The molecule has 0 saturated heterocycles. The molecule has 0 aliphatic carbocycles. The molecular weight excluding hydrogens is 378 g/mol. The van der Waals surface area contributed by atoms with Crippen LogP contribution in [0.5, 0.6) is 0 Å². The predicted octanol–water partition coefficient (Wildman–Crippen LogP) is 5.93. The van der Waals surface area contributed by atoms with Crippen LogP contribution in [0.2, 0.25) is 0 Å². The van der Waals surface area contributed by atoms with Crippen LogP contribution in [-0.4, -0.2) is 22.5 Å². The van der Waals surface area contributed by atoms with Crippen molar-refractivity contribution in [2.75, 3.05) is 6.54 Å². The van der Waals surface area contributed by atoms with Gasteiger partial charge in [0.05, 0.1) is 6.42 Å². The quantitative estimate of drug-likeness (QED) is 0.479. The van der Waals surface area contributed by atoms with Gasteiger partial charge in [0, 0.05) is 29.4 Å². The summed E-state index contributed by atoms with van der Waals surface area (Å²) in [6, 6.07) is 25.3. The average Bonchev–Trinajstić information content (AvgIpc) is 2.70. The molecular formula is C25H27NO2S. The van der Waals surface area contributed by atoms with Crippen molar-refractivity contribution in [3.63, 3.8) is 0 Å². The molecule has 3 aromatic carbocycles. The molecule has 0 amide bonds. The number of nitrogens with zero attached hydrogens (tertiary/aromatic N) is 1. The van der Waals surface area contributed by atoms with E-state index in [0.717, 1.165) is 13.1 Å². The maximum Gasteiger partial charge on any atom is 0.304 e. The van der Waals surface area contributed by atoms with E-state index in [4.69, 9.17) is 0 Å². The van der Waals surface area contributed by atoms with Crippen LogP contribution in [0.4, 0.5) is 0 Å². The first-order valence-electron chi connectivity index (χ1n) is 9.82. The Bertz CT molecular complexity index is 956. The fourth-order valence-corrected chi connectivity index (χ4v) is 4.19. The van der Waals surface area contributed by atoms with Crippen molar-refractivity contribution in [1.29, 1.82) is 0 Å². The van der Waals surface area contributed by atoms with E-state index in [9.17, 15) is 9.90 Å². The van der Waals surface area contributed by atoms with Crippen molar-refractivity contribution >= 4 is 17.7 Å². The third kappa shape index (κ3) is 6.77. The molecule has 0 heterocycles. The molecule has 0 atom stereocenters. The van der Waals surface area contributed by atoms with Gasteiger partial charge in [0.15, 0.2) is 0 Å². The monoisotopic (exact) mass is 405 g/mol. The lowest BCUT2D eigenvalue weighted by Crippen LogP contribution is -2.26. The zero-order valence-corrected chi connectivity index (χ0v) is 17.8. The summed E-state index contributed by atoms with van der Waals surface area (Å²) in [4.78, 5) is 15.8. The lowest BCUT2D eigenvalue weighted by atomic mass is 10.0. The minimum atomic E-state index is -0.760. The fourth-order valence-electron chi connectivity index (χ4n) is 3.27. The second-order valence-corrected chi connectivity index (χ2v) is 8.49. The second kappa shape index (κ2) is 10.3. The summed E-state index contributed by atoms with van der Waals surface area (Å²) in [6.07, 6.45) is 0.142. The molecule has 0 bridgehead atoms. The molecule has 3 aromatic rings. The molecule has 0 fully saturated rings. The Hall–Kier alpha value is -2.56. The SMILES string of the molecule is Cc1ccc(C)c(CN(CCC(=O)O)Cc2cccc(Sc3ccccc3)c2)c1. The molecule has 0 saturated carbocycles. The molecule has 0 spiro atoms. The number of hydrogen-bond acceptors (Lipinski definition) is 3. The van der Waals surface area contributed by atoms with E-state index in [0.29, 0.717) is 6.54 Å². The first kappa shape index (κ1) is 21.2. The van der Waals surface area contributed by atoms with Gasteiger partial charge in [0.25, 0.3) is 0 Å². The number of carboxylic acids is 1. The first-order valence-corrected chi connectivity index (χ1v) is 10.6. The van der Waals surface area contributed by atoms with Crippen molar-refractivity contribution in [1.82, 2.24) is 4.90 Å². The highest BCUT2D eigenvalue weighted by Crippen LogP contribution is 2.28. The maximum atomic E-state index is 11.2. The van der Waals surface area contributed by atoms with Crippen LogP contribution in [0.3, 0.4) is 0 Å². The van der Waals surface area contributed by atoms with Gasteiger partial charge in [-0.05, 0) is 54.8 Å². The van der Waals surface area contributed by atoms with Crippen molar-refractivity contribution in [2.24, 2.45) is 0 Å². The highest BCUT2D eigenvalue weighted by Gasteiger charge is 2.12. The van der Waals surface area contributed by atoms with Gasteiger partial charge >= 0.3 is 5.97 Å². The van der Waals surface area contributed by atoms with Gasteiger partial charge in [-0.3, -0.25) is 9.69 Å². The van der Waals surface area contributed by atoms with Gasteiger partial charge in [0.2, 0.25) is 0 Å². The Labute approximate surface area is 177 Å². The first-order chi connectivity index (χ1) is 14.0. The normalized spacial score (nSPS) is 11.0. The van der Waals surface area contributed by atoms with Crippen LogP contribution in [0, 0.1) is 13.8 Å². The predicted molar refractivity (Wildman–Crippen MR) is 119 cm³/mol. The van der Waals surface area contributed by atoms with Crippen LogP contribution < -0.4 is 0 Å². The minimum absolute atomic E-state index is 0.142. The van der Waals surface area contributed by atoms with Crippen molar-refractivity contribution in [3.8, 4) is 0 Å². The van der Waals surface area contributed by atoms with E-state index < -0.39 is 5.97 Å². The van der Waals surface area contributed by atoms with Crippen molar-refractivity contribution in [2.45, 2.75) is 43.1 Å². The highest BCUT2D eigenvalue weighted by molar-refractivity contribution is 7.99. The molecule has 3 rings (SSSR count). The number of carbonyl (C=O) groups is 1. The second-order valence-electron chi connectivity index (χ2n) is 7.35. The summed E-state index contributed by atoms with van der Waals surface area (Å²) in [5, 5.41) is 9.17. The molecule has 0 aliphatic heterocycles. The Morgan fingerprint density at radius 3 is 2.41 bits per heavy atom. The fraction of sp³-hybridized carbons (Fsp3) is 0.240. The molecule has 1 N–H and O–H groups in total. The van der Waals surface area contributed by atoms with Gasteiger partial charge < -0.3 is 5.11 Å². The van der Waals surface area contributed by atoms with Crippen LogP contribution in [-0.2, 0) is 17.9 Å². The van der Waals surface area contributed by atoms with E-state index in [2.05, 4.69) is 73.3 Å². The topological polar surface area (TPSA) is 40.5 Å². The number of carboxylic acid groups (broad SMARTS) is 1. The standard InChI is InChI=1S/C25H27NO2S/c1-19-11-12-20(2)22(15-19)18-26(14-13-25(27)28)17-21-7-6-10-24(16-21)29-23-8-4-3-5-9-23/h3-12,15-16H,13-14,17-18H2,1-2H3,(H,27,28). The van der Waals surface area contributed by atoms with E-state index in [1.165, 1.54) is 32.0 Å². The van der Waals surface area contributed by atoms with Gasteiger partial charge in [-0.25, -0.2) is 0 Å². The average molecular weight is 406 g/mol. The third-order valence-corrected chi connectivity index (χ3v) is 5.82. The van der Waals surface area contributed by atoms with Crippen LogP contribution >= 0.6 is 11.8 Å². The Kier molecular flexibility index (Phi) is 7.50. The lowest BCUT2D eigenvalue weighted by molar-refractivity contribution is -0.137. The molecule has 0 unspecified atom stereocenters. The summed E-state index contributed by atoms with van der Waals surface area (Å²) >= 11 is 1.74. The lowest BCUT2D eigenvalue weighted by Gasteiger charge is -2.23. The maximum absolute atomic E-state index is 11.2. The van der Waals surface area contributed by atoms with Crippen LogP contribution in [0.25, 0.3) is 0 Å². The Morgan fingerprint density at radius 1 is 0.897 bits per heavy atom. The number of aliphatic carboxylic acids is 1. The van der Waals surface area contributed by atoms with Gasteiger partial charge in [-0.15, -0.1) is 0 Å². The summed E-state index contributed by atoms with van der Waals surface area (Å²) in [6.45, 7) is 6.20. The molecule has 0 aliphatic rings. The summed E-state index contributed by atoms with van der Waals surface area (Å²) < 4.78 is 0. The summed E-state index contributed by atoms with van der Waals surface area (Å²) in [7, 11) is 0. The van der Waals surface area contributed by atoms with E-state index in [1.54, 1.807) is 11.8 Å². The van der Waals surface area contributed by atoms with Gasteiger partial charge in [0.1, 0.15) is 0 Å². The van der Waals surface area contributed by atoms with Crippen LogP contribution in [0.15, 0.2) is 82.6 Å².